The number of rotatable bonds is 12. The molecule has 0 aliphatic heterocycles. The largest absolute Gasteiger partial charge is 0.466 e. The first-order chi connectivity index (χ1) is 15.6. The second kappa shape index (κ2) is 14.0. The van der Waals surface area contributed by atoms with Gasteiger partial charge in [0.15, 0.2) is 1.41 Å². The number of amides is 2. The number of halogens is 1. The van der Waals surface area contributed by atoms with Crippen LogP contribution in [0.3, 0.4) is 0 Å². The third-order valence-electron chi connectivity index (χ3n) is 4.28. The predicted octanol–water partition coefficient (Wildman–Crippen LogP) is 2.37. The van der Waals surface area contributed by atoms with Crippen LogP contribution < -0.4 is 10.6 Å². The van der Waals surface area contributed by atoms with Gasteiger partial charge in [-0.25, -0.2) is 9.18 Å². The molecule has 0 aliphatic carbocycles. The van der Waals surface area contributed by atoms with E-state index in [2.05, 4.69) is 5.32 Å². The third-order valence-corrected chi connectivity index (χ3v) is 4.28. The maximum atomic E-state index is 13.0. The number of nitrogens with one attached hydrogen (secondary N) is 2. The van der Waals surface area contributed by atoms with Crippen molar-refractivity contribution in [1.29, 1.82) is 0 Å². The fourth-order valence-electron chi connectivity index (χ4n) is 2.68. The summed E-state index contributed by atoms with van der Waals surface area (Å²) in [7, 11) is 0. The number of hydrogen-bond acceptors (Lipinski definition) is 6. The molecule has 0 bridgehead atoms. The maximum absolute atomic E-state index is 13.0. The first-order valence-electron chi connectivity index (χ1n) is 10.9. The van der Waals surface area contributed by atoms with E-state index in [1.54, 1.807) is 27.7 Å². The number of carbonyl (C=O) groups excluding carboxylic acids is 4. The molecule has 176 valence electrons. The Bertz CT molecular complexity index is 844. The van der Waals surface area contributed by atoms with E-state index in [-0.39, 0.29) is 26.1 Å². The zero-order valence-electron chi connectivity index (χ0n) is 19.8. The first kappa shape index (κ1) is 25.0. The van der Waals surface area contributed by atoms with Gasteiger partial charge in [0, 0.05) is 12.5 Å². The van der Waals surface area contributed by atoms with Gasteiger partial charge in [0.2, 0.25) is 11.8 Å². The van der Waals surface area contributed by atoms with E-state index in [1.807, 2.05) is 0 Å². The van der Waals surface area contributed by atoms with Crippen LogP contribution in [0.2, 0.25) is 1.41 Å². The highest BCUT2D eigenvalue weighted by Gasteiger charge is 2.29. The van der Waals surface area contributed by atoms with Crippen molar-refractivity contribution in [2.45, 2.75) is 52.6 Å². The molecule has 2 atom stereocenters. The van der Waals surface area contributed by atoms with E-state index >= 15 is 0 Å². The summed E-state index contributed by atoms with van der Waals surface area (Å²) in [6, 6.07) is 3.05. The van der Waals surface area contributed by atoms with Crippen molar-refractivity contribution >= 4 is 29.8 Å². The molecule has 0 fully saturated rings. The summed E-state index contributed by atoms with van der Waals surface area (Å²) >= 11 is 0. The van der Waals surface area contributed by atoms with Crippen LogP contribution in [0.5, 0.6) is 0 Å². The molecular weight excluding hydrogens is 419 g/mol. The minimum atomic E-state index is -1.21. The molecule has 0 saturated heterocycles. The lowest BCUT2D eigenvalue weighted by atomic mass is 10.0. The summed E-state index contributed by atoms with van der Waals surface area (Å²) in [6.07, 6.45) is 2.34. The van der Waals surface area contributed by atoms with Gasteiger partial charge < -0.3 is 20.1 Å². The summed E-state index contributed by atoms with van der Waals surface area (Å²) in [5, 5.41) is 3.02. The van der Waals surface area contributed by atoms with Crippen molar-refractivity contribution in [3.63, 3.8) is 0 Å². The fraction of sp³-hybridized carbons (Fsp3) is 0.478. The van der Waals surface area contributed by atoms with Crippen molar-refractivity contribution < 1.29 is 34.5 Å². The van der Waals surface area contributed by atoms with Gasteiger partial charge in [-0.05, 0) is 50.0 Å². The average molecular weight is 452 g/mol. The molecule has 2 N–H and O–H groups in total. The maximum Gasteiger partial charge on any atom is 0.328 e. The van der Waals surface area contributed by atoms with Crippen LogP contribution in [0, 0.1) is 11.7 Å². The zero-order valence-corrected chi connectivity index (χ0v) is 18.8. The molecule has 0 spiro atoms. The Morgan fingerprint density at radius 3 is 2.28 bits per heavy atom. The number of hydrogen-bond donors (Lipinski definition) is 2. The van der Waals surface area contributed by atoms with Crippen LogP contribution in [0.25, 0.3) is 6.08 Å². The minimum Gasteiger partial charge on any atom is -0.466 e. The van der Waals surface area contributed by atoms with Crippen molar-refractivity contribution in [3.05, 3.63) is 41.7 Å². The standard InChI is InChI=1S/C23H31FN2O6/c1-5-31-20(28)14-12-18(23(30)32-6-2)25-22(29)21(15(3)4)26-19(27)13-9-16-7-10-17(24)11-8-16/h7-11,13,15,18,21H,5-6,12,14H2,1-4H3,(H,25,29)(H,26,27)/b13-9+/t18-,21-/m0/s1/i/hD. The topological polar surface area (TPSA) is 111 Å². The quantitative estimate of drug-likeness (QED) is 0.373. The second-order valence-electron chi connectivity index (χ2n) is 7.20. The molecule has 1 aromatic rings. The number of esters is 2. The van der Waals surface area contributed by atoms with Gasteiger partial charge in [-0.3, -0.25) is 14.4 Å². The Hall–Kier alpha value is -3.23. The van der Waals surface area contributed by atoms with Crippen LogP contribution >= 0.6 is 0 Å². The van der Waals surface area contributed by atoms with E-state index in [4.69, 9.17) is 10.9 Å². The van der Waals surface area contributed by atoms with E-state index in [1.165, 1.54) is 30.3 Å². The summed E-state index contributed by atoms with van der Waals surface area (Å²) in [5.41, 5.74) is 0.546. The van der Waals surface area contributed by atoms with Gasteiger partial charge in [0.1, 0.15) is 17.9 Å². The summed E-state index contributed by atoms with van der Waals surface area (Å²) in [4.78, 5) is 49.3. The predicted molar refractivity (Wildman–Crippen MR) is 117 cm³/mol. The van der Waals surface area contributed by atoms with Gasteiger partial charge in [-0.15, -0.1) is 0 Å². The van der Waals surface area contributed by atoms with Gasteiger partial charge in [0.05, 0.1) is 13.2 Å². The molecule has 8 nitrogen and oxygen atoms in total. The van der Waals surface area contributed by atoms with Crippen molar-refractivity contribution in [2.75, 3.05) is 13.2 Å². The second-order valence-corrected chi connectivity index (χ2v) is 7.20. The molecule has 0 heterocycles. The van der Waals surface area contributed by atoms with Crippen LogP contribution in [0.15, 0.2) is 30.3 Å². The van der Waals surface area contributed by atoms with Crippen molar-refractivity contribution in [3.8, 4) is 0 Å². The molecule has 0 radical (unpaired) electrons. The summed E-state index contributed by atoms with van der Waals surface area (Å²) in [6.45, 7) is 6.83. The molecule has 0 saturated carbocycles. The van der Waals surface area contributed by atoms with Gasteiger partial charge in [0.25, 0.3) is 0 Å². The molecule has 0 aromatic heterocycles. The Balaban J connectivity index is 2.93. The minimum absolute atomic E-state index is 0.0510. The van der Waals surface area contributed by atoms with Crippen molar-refractivity contribution in [2.24, 2.45) is 5.92 Å². The summed E-state index contributed by atoms with van der Waals surface area (Å²) in [5.74, 6) is -3.63. The lowest BCUT2D eigenvalue weighted by Crippen LogP contribution is -2.53. The lowest BCUT2D eigenvalue weighted by molar-refractivity contribution is -0.149. The monoisotopic (exact) mass is 451 g/mol. The first-order valence-corrected chi connectivity index (χ1v) is 10.5. The smallest absolute Gasteiger partial charge is 0.328 e. The van der Waals surface area contributed by atoms with Gasteiger partial charge in [-0.2, -0.15) is 0 Å². The molecule has 1 rings (SSSR count). The molecule has 9 heteroatoms. The molecule has 1 aromatic carbocycles. The molecule has 32 heavy (non-hydrogen) atoms. The molecular formula is C23H31FN2O6. The number of ether oxygens (including phenoxy) is 2. The van der Waals surface area contributed by atoms with Gasteiger partial charge >= 0.3 is 11.9 Å². The van der Waals surface area contributed by atoms with Crippen molar-refractivity contribution in [1.82, 2.24) is 10.6 Å². The van der Waals surface area contributed by atoms with E-state index < -0.39 is 47.6 Å². The van der Waals surface area contributed by atoms with Crippen LogP contribution in [-0.2, 0) is 28.7 Å². The van der Waals surface area contributed by atoms with E-state index in [0.29, 0.717) is 10.9 Å². The van der Waals surface area contributed by atoms with E-state index in [0.717, 1.165) is 6.08 Å². The Labute approximate surface area is 189 Å². The van der Waals surface area contributed by atoms with Crippen LogP contribution in [0.1, 0.15) is 46.1 Å². The van der Waals surface area contributed by atoms with Gasteiger partial charge in [-0.1, -0.05) is 26.0 Å². The molecule has 0 aliphatic rings. The highest BCUT2D eigenvalue weighted by Crippen LogP contribution is 2.08. The van der Waals surface area contributed by atoms with E-state index in [9.17, 15) is 23.6 Å². The highest BCUT2D eigenvalue weighted by molar-refractivity contribution is 5.96. The normalized spacial score (nSPS) is 13.2. The Morgan fingerprint density at radius 2 is 1.72 bits per heavy atom. The third kappa shape index (κ3) is 9.72. The average Bonchev–Trinajstić information content (AvgIpc) is 2.76. The fourth-order valence-corrected chi connectivity index (χ4v) is 2.68. The van der Waals surface area contributed by atoms with Crippen LogP contribution in [0.4, 0.5) is 4.39 Å². The highest BCUT2D eigenvalue weighted by atomic mass is 19.1. The number of benzene rings is 1. The summed E-state index contributed by atoms with van der Waals surface area (Å²) < 4.78 is 31.0. The van der Waals surface area contributed by atoms with Crippen LogP contribution in [-0.4, -0.2) is 49.1 Å². The zero-order chi connectivity index (χ0) is 25.0. The molecule has 0 unspecified atom stereocenters. The number of carbonyl (C=O) groups is 4. The Kier molecular flexibility index (Phi) is 10.9. The SMILES string of the molecule is [2H]N(C(=O)/C=C/c1ccc(F)cc1)[C@H](C(=O)N[C@@H](CCC(=O)OCC)C(=O)OCC)C(C)C. The molecule has 2 amide bonds. The lowest BCUT2D eigenvalue weighted by Gasteiger charge is -2.24. The Morgan fingerprint density at radius 1 is 1.09 bits per heavy atom.